The largest absolute Gasteiger partial charge is 0.469 e. The van der Waals surface area contributed by atoms with E-state index in [-0.39, 0.29) is 30.4 Å². The van der Waals surface area contributed by atoms with Gasteiger partial charge in [-0.2, -0.15) is 5.26 Å². The number of allylic oxidation sites excluding steroid dienone is 1. The third-order valence-electron chi connectivity index (χ3n) is 5.96. The van der Waals surface area contributed by atoms with Gasteiger partial charge in [0.05, 0.1) is 19.2 Å². The smallest absolute Gasteiger partial charge is 0.410 e. The first kappa shape index (κ1) is 21.2. The molecule has 1 fully saturated rings. The molecule has 1 aromatic carbocycles. The Hall–Kier alpha value is -4.00. The van der Waals surface area contributed by atoms with Crippen molar-refractivity contribution in [3.8, 4) is 11.9 Å². The van der Waals surface area contributed by atoms with E-state index in [1.165, 1.54) is 7.11 Å². The molecule has 0 aliphatic carbocycles. The number of amides is 1. The summed E-state index contributed by atoms with van der Waals surface area (Å²) in [6, 6.07) is 11.6. The van der Waals surface area contributed by atoms with E-state index < -0.39 is 17.5 Å². The maximum absolute atomic E-state index is 12.6. The van der Waals surface area contributed by atoms with Crippen LogP contribution in [0.2, 0.25) is 0 Å². The number of likely N-dealkylation sites (tertiary alicyclic amines) is 1. The van der Waals surface area contributed by atoms with Gasteiger partial charge < -0.3 is 24.8 Å². The highest BCUT2D eigenvalue weighted by Gasteiger charge is 2.50. The van der Waals surface area contributed by atoms with Crippen LogP contribution in [0, 0.1) is 11.3 Å². The van der Waals surface area contributed by atoms with Gasteiger partial charge in [-0.1, -0.05) is 30.3 Å². The van der Waals surface area contributed by atoms with Crippen molar-refractivity contribution in [1.29, 1.82) is 5.26 Å². The van der Waals surface area contributed by atoms with E-state index in [0.717, 1.165) is 5.56 Å². The average molecular weight is 437 g/mol. The lowest BCUT2D eigenvalue weighted by molar-refractivity contribution is -0.139. The number of methoxy groups -OCH3 is 1. The quantitative estimate of drug-likeness (QED) is 0.690. The lowest BCUT2D eigenvalue weighted by atomic mass is 9.66. The van der Waals surface area contributed by atoms with Crippen molar-refractivity contribution in [2.45, 2.75) is 31.3 Å². The first-order chi connectivity index (χ1) is 15.5. The molecule has 10 heteroatoms. The molecule has 10 nitrogen and oxygen atoms in total. The van der Waals surface area contributed by atoms with E-state index in [4.69, 9.17) is 19.9 Å². The minimum atomic E-state index is -0.820. The Morgan fingerprint density at radius 1 is 1.31 bits per heavy atom. The highest BCUT2D eigenvalue weighted by molar-refractivity contribution is 5.73. The summed E-state index contributed by atoms with van der Waals surface area (Å²) in [6.07, 6.45) is 0.335. The van der Waals surface area contributed by atoms with Crippen LogP contribution >= 0.6 is 0 Å². The Morgan fingerprint density at radius 2 is 2.03 bits per heavy atom. The molecule has 3 heterocycles. The third kappa shape index (κ3) is 3.73. The number of ether oxygens (including phenoxy) is 3. The van der Waals surface area contributed by atoms with Crippen LogP contribution in [-0.2, 0) is 32.7 Å². The van der Waals surface area contributed by atoms with Crippen molar-refractivity contribution >= 4 is 12.1 Å². The maximum atomic E-state index is 12.6. The highest BCUT2D eigenvalue weighted by Crippen LogP contribution is 2.50. The van der Waals surface area contributed by atoms with Gasteiger partial charge in [0.25, 0.3) is 0 Å². The summed E-state index contributed by atoms with van der Waals surface area (Å²) in [5.74, 6) is -0.230. The zero-order valence-electron chi connectivity index (χ0n) is 17.6. The van der Waals surface area contributed by atoms with E-state index in [0.29, 0.717) is 37.2 Å². The number of hydrogen-bond acceptors (Lipinski definition) is 8. The molecule has 1 aromatic heterocycles. The number of rotatable bonds is 4. The van der Waals surface area contributed by atoms with Gasteiger partial charge in [0.15, 0.2) is 0 Å². The number of nitrogens with zero attached hydrogens (tertiary/aromatic N) is 3. The lowest BCUT2D eigenvalue weighted by Gasteiger charge is -2.43. The Kier molecular flexibility index (Phi) is 5.73. The van der Waals surface area contributed by atoms with Crippen molar-refractivity contribution < 1.29 is 23.8 Å². The van der Waals surface area contributed by atoms with Crippen LogP contribution in [0.4, 0.5) is 4.79 Å². The summed E-state index contributed by atoms with van der Waals surface area (Å²) < 4.78 is 15.8. The number of hydrogen-bond donors (Lipinski definition) is 2. The Bertz CT molecular complexity index is 1090. The number of carbonyl (C=O) groups excluding carboxylic acids is 2. The van der Waals surface area contributed by atoms with Crippen LogP contribution in [-0.4, -0.2) is 47.4 Å². The second-order valence-corrected chi connectivity index (χ2v) is 7.70. The summed E-state index contributed by atoms with van der Waals surface area (Å²) >= 11 is 0. The first-order valence-electron chi connectivity index (χ1n) is 10.2. The Balaban J connectivity index is 1.55. The number of aromatic nitrogens is 2. The van der Waals surface area contributed by atoms with Crippen LogP contribution in [0.1, 0.15) is 29.7 Å². The van der Waals surface area contributed by atoms with Crippen LogP contribution in [0.25, 0.3) is 0 Å². The number of nitrogens with two attached hydrogens (primary N) is 1. The zero-order valence-corrected chi connectivity index (χ0v) is 17.6. The fourth-order valence-electron chi connectivity index (χ4n) is 4.33. The first-order valence-corrected chi connectivity index (χ1v) is 10.2. The summed E-state index contributed by atoms with van der Waals surface area (Å²) in [4.78, 5) is 26.1. The van der Waals surface area contributed by atoms with E-state index in [1.54, 1.807) is 4.90 Å². The van der Waals surface area contributed by atoms with Gasteiger partial charge in [-0.3, -0.25) is 9.89 Å². The van der Waals surface area contributed by atoms with E-state index in [9.17, 15) is 14.9 Å². The minimum Gasteiger partial charge on any atom is -0.469 e. The molecule has 1 saturated heterocycles. The number of benzene rings is 1. The van der Waals surface area contributed by atoms with Crippen molar-refractivity contribution in [3.05, 3.63) is 58.6 Å². The Morgan fingerprint density at radius 3 is 2.69 bits per heavy atom. The molecule has 3 N–H and O–H groups in total. The molecular weight excluding hydrogens is 414 g/mol. The van der Waals surface area contributed by atoms with Gasteiger partial charge in [0, 0.05) is 24.1 Å². The fraction of sp³-hybridized carbons (Fsp3) is 0.364. The van der Waals surface area contributed by atoms with E-state index in [1.807, 2.05) is 30.3 Å². The maximum Gasteiger partial charge on any atom is 0.410 e. The molecule has 2 aromatic rings. The standard InChI is InChI=1S/C22H23N5O5/c1-30-17(28)11-16-18-20(26-25-16)32-19(24)15(12-23)22(18)7-9-27(10-8-22)21(29)31-13-14-5-3-2-4-6-14/h2-6H,7-11,13,24H2,1H3,(H,25,26). The minimum absolute atomic E-state index is 0.0174. The van der Waals surface area contributed by atoms with Crippen LogP contribution in [0.15, 0.2) is 41.8 Å². The number of nitrogens with one attached hydrogen (secondary N) is 1. The molecule has 0 unspecified atom stereocenters. The predicted octanol–water partition coefficient (Wildman–Crippen LogP) is 1.88. The second kappa shape index (κ2) is 8.63. The van der Waals surface area contributed by atoms with Crippen LogP contribution in [0.5, 0.6) is 5.88 Å². The molecule has 0 bridgehead atoms. The summed E-state index contributed by atoms with van der Waals surface area (Å²) in [5, 5.41) is 16.8. The SMILES string of the molecule is COC(=O)Cc1[nH]nc2c1C1(CCN(C(=O)OCc3ccccc3)CC1)C(C#N)=C(N)O2. The van der Waals surface area contributed by atoms with Crippen molar-refractivity contribution in [2.75, 3.05) is 20.2 Å². The van der Waals surface area contributed by atoms with Gasteiger partial charge in [-0.05, 0) is 18.4 Å². The number of aromatic amines is 1. The summed E-state index contributed by atoms with van der Waals surface area (Å²) in [5.41, 5.74) is 7.51. The van der Waals surface area contributed by atoms with Crippen molar-refractivity contribution in [3.63, 3.8) is 0 Å². The van der Waals surface area contributed by atoms with E-state index in [2.05, 4.69) is 16.3 Å². The predicted molar refractivity (Wildman–Crippen MR) is 111 cm³/mol. The second-order valence-electron chi connectivity index (χ2n) is 7.70. The van der Waals surface area contributed by atoms with Gasteiger partial charge >= 0.3 is 12.1 Å². The van der Waals surface area contributed by atoms with Crippen molar-refractivity contribution in [1.82, 2.24) is 15.1 Å². The number of fused-ring (bicyclic) bond motifs is 2. The monoisotopic (exact) mass is 437 g/mol. The van der Waals surface area contributed by atoms with Crippen LogP contribution in [0.3, 0.4) is 0 Å². The number of esters is 1. The number of H-pyrrole nitrogens is 1. The topological polar surface area (TPSA) is 144 Å². The molecule has 32 heavy (non-hydrogen) atoms. The number of piperidine rings is 1. The molecule has 1 spiro atoms. The van der Waals surface area contributed by atoms with E-state index >= 15 is 0 Å². The lowest BCUT2D eigenvalue weighted by Crippen LogP contribution is -2.48. The normalized spacial score (nSPS) is 16.7. The summed E-state index contributed by atoms with van der Waals surface area (Å²) in [7, 11) is 1.30. The molecule has 0 saturated carbocycles. The molecule has 0 radical (unpaired) electrons. The molecule has 0 atom stereocenters. The van der Waals surface area contributed by atoms with Gasteiger partial charge in [-0.15, -0.1) is 5.10 Å². The van der Waals surface area contributed by atoms with Crippen molar-refractivity contribution in [2.24, 2.45) is 5.73 Å². The number of carbonyl (C=O) groups is 2. The molecule has 2 aliphatic rings. The molecular formula is C22H23N5O5. The van der Waals surface area contributed by atoms with Gasteiger partial charge in [-0.25, -0.2) is 4.79 Å². The van der Waals surface area contributed by atoms with Gasteiger partial charge in [0.1, 0.15) is 18.2 Å². The average Bonchev–Trinajstić information content (AvgIpc) is 3.21. The molecule has 1 amide bonds. The summed E-state index contributed by atoms with van der Waals surface area (Å²) in [6.45, 7) is 0.864. The third-order valence-corrected chi connectivity index (χ3v) is 5.96. The van der Waals surface area contributed by atoms with Gasteiger partial charge in [0.2, 0.25) is 11.8 Å². The molecule has 166 valence electrons. The van der Waals surface area contributed by atoms with Crippen LogP contribution < -0.4 is 10.5 Å². The fourth-order valence-corrected chi connectivity index (χ4v) is 4.33. The molecule has 2 aliphatic heterocycles. The number of nitriles is 1. The zero-order chi connectivity index (χ0) is 22.7. The molecule has 4 rings (SSSR count). The Labute approximate surface area is 184 Å². The highest BCUT2D eigenvalue weighted by atomic mass is 16.6.